The number of rotatable bonds is 5. The molecule has 1 aliphatic rings. The lowest BCUT2D eigenvalue weighted by Gasteiger charge is -2.27. The molecule has 2 aromatic rings. The Morgan fingerprint density at radius 1 is 1.32 bits per heavy atom. The maximum atomic E-state index is 13.0. The molecule has 1 atom stereocenters. The van der Waals surface area contributed by atoms with E-state index in [1.807, 2.05) is 25.2 Å². The number of carbonyl (C=O) groups is 1. The van der Waals surface area contributed by atoms with E-state index < -0.39 is 0 Å². The third kappa shape index (κ3) is 3.18. The summed E-state index contributed by atoms with van der Waals surface area (Å²) in [6.45, 7) is 0.380. The number of benzene rings is 1. The molecule has 1 heterocycles. The number of carbonyl (C=O) groups excluding carboxylic acids is 1. The summed E-state index contributed by atoms with van der Waals surface area (Å²) in [4.78, 5) is 18.7. The molecule has 5 nitrogen and oxygen atoms in total. The van der Waals surface area contributed by atoms with Gasteiger partial charge in [-0.15, -0.1) is 0 Å². The second-order valence-corrected chi connectivity index (χ2v) is 5.97. The van der Waals surface area contributed by atoms with Gasteiger partial charge in [0.15, 0.2) is 5.82 Å². The van der Waals surface area contributed by atoms with Gasteiger partial charge < -0.3 is 9.42 Å². The predicted octanol–water partition coefficient (Wildman–Crippen LogP) is 3.00. The molecule has 0 radical (unpaired) electrons. The van der Waals surface area contributed by atoms with Crippen LogP contribution in [0.1, 0.15) is 43.0 Å². The average Bonchev–Trinajstić information content (AvgIpc) is 3.22. The fraction of sp³-hybridized carbons (Fsp3) is 0.471. The first-order chi connectivity index (χ1) is 10.8. The lowest BCUT2D eigenvalue weighted by atomic mass is 9.84. The van der Waals surface area contributed by atoms with Crippen LogP contribution in [-0.4, -0.2) is 28.0 Å². The lowest BCUT2D eigenvalue weighted by Crippen LogP contribution is -2.34. The van der Waals surface area contributed by atoms with Crippen LogP contribution in [0.4, 0.5) is 0 Å². The van der Waals surface area contributed by atoms with Crippen molar-refractivity contribution in [3.63, 3.8) is 0 Å². The summed E-state index contributed by atoms with van der Waals surface area (Å²) in [5.41, 5.74) is 1.11. The molecular weight excluding hydrogens is 278 g/mol. The van der Waals surface area contributed by atoms with Gasteiger partial charge in [-0.1, -0.05) is 48.3 Å². The van der Waals surface area contributed by atoms with E-state index in [-0.39, 0.29) is 11.8 Å². The van der Waals surface area contributed by atoms with Crippen molar-refractivity contribution in [2.24, 2.45) is 5.92 Å². The van der Waals surface area contributed by atoms with E-state index in [1.54, 1.807) is 4.90 Å². The quantitative estimate of drug-likeness (QED) is 0.851. The van der Waals surface area contributed by atoms with Gasteiger partial charge in [0.1, 0.15) is 0 Å². The Balaban J connectivity index is 1.80. The first-order valence-electron chi connectivity index (χ1n) is 7.81. The van der Waals surface area contributed by atoms with Crippen LogP contribution in [0.5, 0.6) is 0 Å². The van der Waals surface area contributed by atoms with E-state index in [2.05, 4.69) is 22.3 Å². The van der Waals surface area contributed by atoms with Crippen LogP contribution in [0.2, 0.25) is 0 Å². The van der Waals surface area contributed by atoms with Gasteiger partial charge in [-0.3, -0.25) is 4.79 Å². The van der Waals surface area contributed by atoms with Crippen LogP contribution in [0.15, 0.2) is 41.2 Å². The molecule has 0 spiro atoms. The molecule has 22 heavy (non-hydrogen) atoms. The highest BCUT2D eigenvalue weighted by Crippen LogP contribution is 2.38. The van der Waals surface area contributed by atoms with Crippen molar-refractivity contribution in [3.8, 4) is 0 Å². The summed E-state index contributed by atoms with van der Waals surface area (Å²) in [6.07, 6.45) is 5.98. The van der Waals surface area contributed by atoms with Crippen molar-refractivity contribution in [2.45, 2.75) is 38.1 Å². The molecule has 1 saturated carbocycles. The van der Waals surface area contributed by atoms with Crippen molar-refractivity contribution in [1.29, 1.82) is 0 Å². The summed E-state index contributed by atoms with van der Waals surface area (Å²) in [5, 5.41) is 3.79. The molecule has 1 fully saturated rings. The van der Waals surface area contributed by atoms with Gasteiger partial charge in [0.05, 0.1) is 12.5 Å². The van der Waals surface area contributed by atoms with E-state index >= 15 is 0 Å². The van der Waals surface area contributed by atoms with Crippen molar-refractivity contribution in [3.05, 3.63) is 48.1 Å². The number of likely N-dealkylation sites (N-methyl/N-ethyl adjacent to an activating group) is 1. The zero-order valence-corrected chi connectivity index (χ0v) is 12.8. The van der Waals surface area contributed by atoms with Crippen LogP contribution in [0, 0.1) is 5.92 Å². The SMILES string of the molecule is CN(Cc1ncon1)C(=O)[C@H](c1ccccc1)C1CCCC1. The monoisotopic (exact) mass is 299 g/mol. The molecule has 0 aliphatic heterocycles. The van der Waals surface area contributed by atoms with Crippen molar-refractivity contribution in [2.75, 3.05) is 7.05 Å². The smallest absolute Gasteiger partial charge is 0.230 e. The minimum atomic E-state index is -0.0689. The first-order valence-corrected chi connectivity index (χ1v) is 7.81. The number of aromatic nitrogens is 2. The molecule has 1 aromatic heterocycles. The van der Waals surface area contributed by atoms with Crippen molar-refractivity contribution < 1.29 is 9.32 Å². The Hall–Kier alpha value is -2.17. The minimum absolute atomic E-state index is 0.0689. The third-order valence-corrected chi connectivity index (χ3v) is 4.46. The number of hydrogen-bond donors (Lipinski definition) is 0. The Morgan fingerprint density at radius 3 is 2.68 bits per heavy atom. The maximum absolute atomic E-state index is 13.0. The Labute approximate surface area is 130 Å². The van der Waals surface area contributed by atoms with Crippen LogP contribution in [-0.2, 0) is 11.3 Å². The van der Waals surface area contributed by atoms with Crippen LogP contribution < -0.4 is 0 Å². The molecule has 0 N–H and O–H groups in total. The Morgan fingerprint density at radius 2 is 2.05 bits per heavy atom. The molecule has 1 aliphatic carbocycles. The van der Waals surface area contributed by atoms with Gasteiger partial charge in [0, 0.05) is 7.05 Å². The highest BCUT2D eigenvalue weighted by atomic mass is 16.5. The van der Waals surface area contributed by atoms with Gasteiger partial charge >= 0.3 is 0 Å². The van der Waals surface area contributed by atoms with Gasteiger partial charge in [0.25, 0.3) is 0 Å². The number of hydrogen-bond acceptors (Lipinski definition) is 4. The molecule has 1 aromatic carbocycles. The standard InChI is InChI=1S/C17H21N3O2/c1-20(11-15-18-12-22-19-15)17(21)16(14-9-5-6-10-14)13-7-3-2-4-8-13/h2-4,7-8,12,14,16H,5-6,9-11H2,1H3/t16-/m1/s1. The van der Waals surface area contributed by atoms with Crippen molar-refractivity contribution in [1.82, 2.24) is 15.0 Å². The fourth-order valence-corrected chi connectivity index (χ4v) is 3.36. The van der Waals surface area contributed by atoms with Crippen LogP contribution in [0.25, 0.3) is 0 Å². The van der Waals surface area contributed by atoms with Gasteiger partial charge in [-0.05, 0) is 24.3 Å². The number of amides is 1. The average molecular weight is 299 g/mol. The zero-order valence-electron chi connectivity index (χ0n) is 12.8. The van der Waals surface area contributed by atoms with E-state index in [9.17, 15) is 4.79 Å². The second-order valence-electron chi connectivity index (χ2n) is 5.97. The first kappa shape index (κ1) is 14.8. The molecule has 116 valence electrons. The Bertz CT molecular complexity index is 592. The fourth-order valence-electron chi connectivity index (χ4n) is 3.36. The molecular formula is C17H21N3O2. The molecule has 5 heteroatoms. The topological polar surface area (TPSA) is 59.2 Å². The summed E-state index contributed by atoms with van der Waals surface area (Å²) >= 11 is 0. The predicted molar refractivity (Wildman–Crippen MR) is 81.9 cm³/mol. The zero-order chi connectivity index (χ0) is 15.4. The van der Waals surface area contributed by atoms with E-state index in [4.69, 9.17) is 4.52 Å². The third-order valence-electron chi connectivity index (χ3n) is 4.46. The van der Waals surface area contributed by atoms with Gasteiger partial charge in [-0.25, -0.2) is 0 Å². The normalized spacial score (nSPS) is 16.6. The minimum Gasteiger partial charge on any atom is -0.343 e. The molecule has 0 unspecified atom stereocenters. The van der Waals surface area contributed by atoms with E-state index in [0.717, 1.165) is 18.4 Å². The summed E-state index contributed by atoms with van der Waals surface area (Å²) in [7, 11) is 1.81. The summed E-state index contributed by atoms with van der Waals surface area (Å²) < 4.78 is 4.74. The van der Waals surface area contributed by atoms with E-state index in [1.165, 1.54) is 19.2 Å². The number of nitrogens with zero attached hydrogens (tertiary/aromatic N) is 3. The van der Waals surface area contributed by atoms with Gasteiger partial charge in [-0.2, -0.15) is 4.98 Å². The highest BCUT2D eigenvalue weighted by molar-refractivity contribution is 5.83. The molecule has 1 amide bonds. The summed E-state index contributed by atoms with van der Waals surface area (Å²) in [6, 6.07) is 10.1. The molecule has 0 saturated heterocycles. The van der Waals surface area contributed by atoms with Gasteiger partial charge in [0.2, 0.25) is 12.3 Å². The maximum Gasteiger partial charge on any atom is 0.230 e. The Kier molecular flexibility index (Phi) is 4.51. The van der Waals surface area contributed by atoms with Crippen molar-refractivity contribution >= 4 is 5.91 Å². The molecule has 0 bridgehead atoms. The van der Waals surface area contributed by atoms with Crippen LogP contribution >= 0.6 is 0 Å². The summed E-state index contributed by atoms with van der Waals surface area (Å²) in [5.74, 6) is 1.04. The largest absolute Gasteiger partial charge is 0.343 e. The van der Waals surface area contributed by atoms with E-state index in [0.29, 0.717) is 18.3 Å². The van der Waals surface area contributed by atoms with Crippen LogP contribution in [0.3, 0.4) is 0 Å². The highest BCUT2D eigenvalue weighted by Gasteiger charge is 2.33. The second kappa shape index (κ2) is 6.73. The lowest BCUT2D eigenvalue weighted by molar-refractivity contribution is -0.133. The molecule has 3 rings (SSSR count).